The molecule has 2 aromatic heterocycles. The van der Waals surface area contributed by atoms with Gasteiger partial charge in [0.15, 0.2) is 12.2 Å². The lowest BCUT2D eigenvalue weighted by molar-refractivity contribution is 0.572. The number of aromatic nitrogens is 1. The van der Waals surface area contributed by atoms with Gasteiger partial charge in [-0.3, -0.25) is 0 Å². The van der Waals surface area contributed by atoms with Gasteiger partial charge in [-0.05, 0) is 27.4 Å². The molecule has 0 aromatic carbocycles. The second-order valence-corrected chi connectivity index (χ2v) is 4.40. The Morgan fingerprint density at radius 1 is 1.62 bits per heavy atom. The second kappa shape index (κ2) is 3.82. The van der Waals surface area contributed by atoms with Gasteiger partial charge in [0.2, 0.25) is 0 Å². The van der Waals surface area contributed by atoms with Gasteiger partial charge in [-0.25, -0.2) is 4.98 Å². The molecule has 0 spiro atoms. The highest BCUT2D eigenvalue weighted by Gasteiger charge is 2.13. The minimum Gasteiger partial charge on any atom is -0.442 e. The molecule has 0 aliphatic heterocycles. The summed E-state index contributed by atoms with van der Waals surface area (Å²) in [4.78, 5) is 5.05. The van der Waals surface area contributed by atoms with Crippen LogP contribution in [0.15, 0.2) is 26.7 Å². The van der Waals surface area contributed by atoms with Crippen molar-refractivity contribution < 1.29 is 4.42 Å². The highest BCUT2D eigenvalue weighted by Crippen LogP contribution is 2.35. The van der Waals surface area contributed by atoms with E-state index in [-0.39, 0.29) is 0 Å². The summed E-state index contributed by atoms with van der Waals surface area (Å²) in [5, 5.41) is 1.99. The molecule has 0 saturated heterocycles. The fourth-order valence-corrected chi connectivity index (χ4v) is 2.76. The molecule has 2 nitrogen and oxygen atoms in total. The number of rotatable bonds is 2. The van der Waals surface area contributed by atoms with Crippen molar-refractivity contribution in [3.05, 3.63) is 28.0 Å². The maximum atomic E-state index is 5.71. The van der Waals surface area contributed by atoms with E-state index >= 15 is 0 Å². The van der Waals surface area contributed by atoms with E-state index in [9.17, 15) is 0 Å². The number of hydrogen-bond donors (Lipinski definition) is 0. The SMILES string of the molecule is ClCc1ncoc1-c1sccc1Br. The zero-order chi connectivity index (χ0) is 9.26. The molecular formula is C8H5BrClNOS. The van der Waals surface area contributed by atoms with Crippen molar-refractivity contribution in [3.8, 4) is 10.6 Å². The molecule has 0 aliphatic rings. The molecule has 2 aromatic rings. The van der Waals surface area contributed by atoms with E-state index < -0.39 is 0 Å². The Hall–Kier alpha value is -0.320. The monoisotopic (exact) mass is 277 g/mol. The molecule has 2 rings (SSSR count). The summed E-state index contributed by atoms with van der Waals surface area (Å²) in [6.07, 6.45) is 1.42. The summed E-state index contributed by atoms with van der Waals surface area (Å²) in [7, 11) is 0. The van der Waals surface area contributed by atoms with Gasteiger partial charge < -0.3 is 4.42 Å². The molecule has 13 heavy (non-hydrogen) atoms. The van der Waals surface area contributed by atoms with E-state index in [0.717, 1.165) is 20.8 Å². The first-order valence-corrected chi connectivity index (χ1v) is 5.75. The lowest BCUT2D eigenvalue weighted by Crippen LogP contribution is -1.80. The molecule has 0 radical (unpaired) electrons. The summed E-state index contributed by atoms with van der Waals surface area (Å²) in [6.45, 7) is 0. The molecule has 0 saturated carbocycles. The first-order valence-electron chi connectivity index (χ1n) is 3.54. The summed E-state index contributed by atoms with van der Waals surface area (Å²) in [5.74, 6) is 1.13. The number of oxazole rings is 1. The van der Waals surface area contributed by atoms with Gasteiger partial charge in [-0.15, -0.1) is 22.9 Å². The molecule has 0 fully saturated rings. The van der Waals surface area contributed by atoms with Crippen LogP contribution < -0.4 is 0 Å². The van der Waals surface area contributed by atoms with E-state index in [1.54, 1.807) is 11.3 Å². The zero-order valence-electron chi connectivity index (χ0n) is 6.46. The van der Waals surface area contributed by atoms with Crippen LogP contribution in [0.4, 0.5) is 0 Å². The standard InChI is InChI=1S/C8H5BrClNOS/c9-5-1-2-13-8(5)7-6(3-10)11-4-12-7/h1-2,4H,3H2. The molecule has 2 heterocycles. The van der Waals surface area contributed by atoms with Crippen LogP contribution in [-0.2, 0) is 5.88 Å². The minimum atomic E-state index is 0.371. The van der Waals surface area contributed by atoms with Gasteiger partial charge in [0.25, 0.3) is 0 Å². The van der Waals surface area contributed by atoms with Crippen LogP contribution in [0.2, 0.25) is 0 Å². The Bertz CT molecular complexity index is 412. The Kier molecular flexibility index (Phi) is 2.71. The molecular weight excluding hydrogens is 274 g/mol. The van der Waals surface area contributed by atoms with Crippen molar-refractivity contribution >= 4 is 38.9 Å². The average molecular weight is 279 g/mol. The first kappa shape index (κ1) is 9.24. The van der Waals surface area contributed by atoms with Gasteiger partial charge in [0.1, 0.15) is 5.69 Å². The lowest BCUT2D eigenvalue weighted by atomic mass is 10.3. The summed E-state index contributed by atoms with van der Waals surface area (Å²) in [5.41, 5.74) is 0.782. The summed E-state index contributed by atoms with van der Waals surface area (Å²) < 4.78 is 6.28. The van der Waals surface area contributed by atoms with Crippen molar-refractivity contribution in [2.45, 2.75) is 5.88 Å². The zero-order valence-corrected chi connectivity index (χ0v) is 9.62. The fourth-order valence-electron chi connectivity index (χ4n) is 1.00. The number of thiophene rings is 1. The number of hydrogen-bond acceptors (Lipinski definition) is 3. The van der Waals surface area contributed by atoms with Crippen LogP contribution in [0.25, 0.3) is 10.6 Å². The minimum absolute atomic E-state index is 0.371. The largest absolute Gasteiger partial charge is 0.442 e. The van der Waals surface area contributed by atoms with Crippen LogP contribution in [0.3, 0.4) is 0 Å². The van der Waals surface area contributed by atoms with Crippen LogP contribution in [0.1, 0.15) is 5.69 Å². The van der Waals surface area contributed by atoms with Gasteiger partial charge in [0, 0.05) is 4.47 Å². The fraction of sp³-hybridized carbons (Fsp3) is 0.125. The summed E-state index contributed by atoms with van der Waals surface area (Å²) >= 11 is 10.7. The Morgan fingerprint density at radius 3 is 3.08 bits per heavy atom. The van der Waals surface area contributed by atoms with Crippen LogP contribution >= 0.6 is 38.9 Å². The number of halogens is 2. The first-order chi connectivity index (χ1) is 6.33. The Labute approximate surface area is 92.7 Å². The maximum Gasteiger partial charge on any atom is 0.181 e. The molecule has 5 heteroatoms. The number of nitrogens with zero attached hydrogens (tertiary/aromatic N) is 1. The van der Waals surface area contributed by atoms with Crippen molar-refractivity contribution in [2.24, 2.45) is 0 Å². The van der Waals surface area contributed by atoms with Crippen molar-refractivity contribution in [1.29, 1.82) is 0 Å². The van der Waals surface area contributed by atoms with E-state index in [1.165, 1.54) is 6.39 Å². The topological polar surface area (TPSA) is 26.0 Å². The smallest absolute Gasteiger partial charge is 0.181 e. The third-order valence-electron chi connectivity index (χ3n) is 1.59. The third kappa shape index (κ3) is 1.66. The Morgan fingerprint density at radius 2 is 2.46 bits per heavy atom. The molecule has 0 N–H and O–H groups in total. The lowest BCUT2D eigenvalue weighted by Gasteiger charge is -1.94. The van der Waals surface area contributed by atoms with E-state index in [4.69, 9.17) is 16.0 Å². The Balaban J connectivity index is 2.52. The van der Waals surface area contributed by atoms with Crippen molar-refractivity contribution in [3.63, 3.8) is 0 Å². The molecule has 0 aliphatic carbocycles. The van der Waals surface area contributed by atoms with Crippen LogP contribution in [0, 0.1) is 0 Å². The van der Waals surface area contributed by atoms with Crippen molar-refractivity contribution in [1.82, 2.24) is 4.98 Å². The van der Waals surface area contributed by atoms with Gasteiger partial charge in [0.05, 0.1) is 10.8 Å². The molecule has 0 atom stereocenters. The van der Waals surface area contributed by atoms with Gasteiger partial charge in [-0.1, -0.05) is 0 Å². The van der Waals surface area contributed by atoms with E-state index in [2.05, 4.69) is 20.9 Å². The van der Waals surface area contributed by atoms with E-state index in [0.29, 0.717) is 5.88 Å². The van der Waals surface area contributed by atoms with Gasteiger partial charge in [-0.2, -0.15) is 0 Å². The molecule has 68 valence electrons. The molecule has 0 bridgehead atoms. The predicted octanol–water partition coefficient (Wildman–Crippen LogP) is 3.90. The van der Waals surface area contributed by atoms with Crippen LogP contribution in [-0.4, -0.2) is 4.98 Å². The highest BCUT2D eigenvalue weighted by atomic mass is 79.9. The highest BCUT2D eigenvalue weighted by molar-refractivity contribution is 9.10. The quantitative estimate of drug-likeness (QED) is 0.779. The average Bonchev–Trinajstić information content (AvgIpc) is 2.71. The summed E-state index contributed by atoms with van der Waals surface area (Å²) in [6, 6.07) is 1.97. The predicted molar refractivity (Wildman–Crippen MR) is 57.1 cm³/mol. The third-order valence-corrected chi connectivity index (χ3v) is 3.68. The number of alkyl halides is 1. The van der Waals surface area contributed by atoms with Crippen molar-refractivity contribution in [2.75, 3.05) is 0 Å². The molecule has 0 amide bonds. The second-order valence-electron chi connectivity index (χ2n) is 2.36. The van der Waals surface area contributed by atoms with Gasteiger partial charge >= 0.3 is 0 Å². The van der Waals surface area contributed by atoms with Crippen LogP contribution in [0.5, 0.6) is 0 Å². The molecule has 0 unspecified atom stereocenters. The maximum absolute atomic E-state index is 5.71. The normalized spacial score (nSPS) is 10.6. The van der Waals surface area contributed by atoms with E-state index in [1.807, 2.05) is 11.4 Å².